The summed E-state index contributed by atoms with van der Waals surface area (Å²) in [7, 11) is 0. The molecule has 0 radical (unpaired) electrons. The number of H-pyrrole nitrogens is 1. The highest BCUT2D eigenvalue weighted by Gasteiger charge is 1.85. The van der Waals surface area contributed by atoms with E-state index in [9.17, 15) is 4.79 Å². The lowest BCUT2D eigenvalue weighted by atomic mass is 10.3. The molecule has 0 aromatic carbocycles. The first-order chi connectivity index (χ1) is 5.33. The average Bonchev–Trinajstić information content (AvgIpc) is 2.01. The van der Waals surface area contributed by atoms with Crippen LogP contribution in [0.2, 0.25) is 0 Å². The SMILES string of the molecule is N#CC#Cc1cc[nH]c(=O)c1. The largest absolute Gasteiger partial charge is 0.329 e. The first kappa shape index (κ1) is 7.11. The molecule has 1 aromatic rings. The smallest absolute Gasteiger partial charge is 0.249 e. The molecule has 52 valence electrons. The Hall–Kier alpha value is -2.00. The van der Waals surface area contributed by atoms with E-state index in [4.69, 9.17) is 5.26 Å². The molecule has 0 fully saturated rings. The second-order valence-corrected chi connectivity index (χ2v) is 1.80. The maximum absolute atomic E-state index is 10.6. The van der Waals surface area contributed by atoms with Gasteiger partial charge in [-0.25, -0.2) is 0 Å². The van der Waals surface area contributed by atoms with Gasteiger partial charge in [0.1, 0.15) is 0 Å². The van der Waals surface area contributed by atoms with E-state index in [2.05, 4.69) is 16.8 Å². The van der Waals surface area contributed by atoms with Crippen molar-refractivity contribution in [3.8, 4) is 17.9 Å². The molecule has 11 heavy (non-hydrogen) atoms. The van der Waals surface area contributed by atoms with Crippen LogP contribution in [0.4, 0.5) is 0 Å². The Kier molecular flexibility index (Phi) is 2.09. The standard InChI is InChI=1S/C8H4N2O/c9-4-1-2-7-3-5-10-8(11)6-7/h3,5-6H,(H,10,11). The third-order valence-corrected chi connectivity index (χ3v) is 1.04. The lowest BCUT2D eigenvalue weighted by Crippen LogP contribution is -2.02. The molecule has 0 aliphatic carbocycles. The third-order valence-electron chi connectivity index (χ3n) is 1.04. The summed E-state index contributed by atoms with van der Waals surface area (Å²) < 4.78 is 0. The van der Waals surface area contributed by atoms with Gasteiger partial charge in [-0.05, 0) is 6.07 Å². The van der Waals surface area contributed by atoms with Crippen LogP contribution in [0, 0.1) is 23.2 Å². The van der Waals surface area contributed by atoms with Crippen molar-refractivity contribution >= 4 is 0 Å². The molecule has 1 aromatic heterocycles. The van der Waals surface area contributed by atoms with Crippen LogP contribution in [0.3, 0.4) is 0 Å². The van der Waals surface area contributed by atoms with Crippen molar-refractivity contribution in [2.24, 2.45) is 0 Å². The van der Waals surface area contributed by atoms with Crippen LogP contribution >= 0.6 is 0 Å². The van der Waals surface area contributed by atoms with Gasteiger partial charge in [0.05, 0.1) is 0 Å². The zero-order valence-corrected chi connectivity index (χ0v) is 5.59. The van der Waals surface area contributed by atoms with Crippen molar-refractivity contribution in [3.63, 3.8) is 0 Å². The van der Waals surface area contributed by atoms with Crippen LogP contribution in [-0.2, 0) is 0 Å². The Balaban J connectivity index is 3.09. The molecule has 0 amide bonds. The summed E-state index contributed by atoms with van der Waals surface area (Å²) in [6.45, 7) is 0. The monoisotopic (exact) mass is 144 g/mol. The summed E-state index contributed by atoms with van der Waals surface area (Å²) in [6, 6.07) is 4.63. The summed E-state index contributed by atoms with van der Waals surface area (Å²) >= 11 is 0. The van der Waals surface area contributed by atoms with E-state index >= 15 is 0 Å². The molecule has 0 spiro atoms. The molecular formula is C8H4N2O. The van der Waals surface area contributed by atoms with Crippen LogP contribution in [-0.4, -0.2) is 4.98 Å². The van der Waals surface area contributed by atoms with Gasteiger partial charge < -0.3 is 4.98 Å². The molecule has 1 heterocycles. The van der Waals surface area contributed by atoms with E-state index < -0.39 is 0 Å². The van der Waals surface area contributed by atoms with E-state index in [1.54, 1.807) is 12.1 Å². The van der Waals surface area contributed by atoms with Gasteiger partial charge in [0.15, 0.2) is 6.07 Å². The van der Waals surface area contributed by atoms with Gasteiger partial charge in [-0.2, -0.15) is 5.26 Å². The molecule has 0 atom stereocenters. The minimum absolute atomic E-state index is 0.213. The van der Waals surface area contributed by atoms with E-state index in [-0.39, 0.29) is 5.56 Å². The number of rotatable bonds is 0. The molecule has 3 heteroatoms. The topological polar surface area (TPSA) is 56.6 Å². The van der Waals surface area contributed by atoms with Crippen molar-refractivity contribution < 1.29 is 0 Å². The van der Waals surface area contributed by atoms with E-state index in [0.29, 0.717) is 5.56 Å². The minimum atomic E-state index is -0.213. The van der Waals surface area contributed by atoms with E-state index in [0.717, 1.165) is 0 Å². The average molecular weight is 144 g/mol. The molecule has 0 saturated heterocycles. The van der Waals surface area contributed by atoms with E-state index in [1.807, 2.05) is 0 Å². The number of nitrogens with one attached hydrogen (secondary N) is 1. The van der Waals surface area contributed by atoms with Crippen molar-refractivity contribution in [1.29, 1.82) is 5.26 Å². The van der Waals surface area contributed by atoms with Crippen LogP contribution in [0.15, 0.2) is 23.1 Å². The lowest BCUT2D eigenvalue weighted by Gasteiger charge is -1.83. The van der Waals surface area contributed by atoms with Gasteiger partial charge in [0, 0.05) is 23.7 Å². The van der Waals surface area contributed by atoms with Crippen molar-refractivity contribution in [2.45, 2.75) is 0 Å². The predicted molar refractivity (Wildman–Crippen MR) is 39.6 cm³/mol. The number of nitriles is 1. The number of hydrogen-bond acceptors (Lipinski definition) is 2. The number of hydrogen-bond donors (Lipinski definition) is 1. The fourth-order valence-corrected chi connectivity index (χ4v) is 0.622. The molecule has 0 aliphatic heterocycles. The summed E-state index contributed by atoms with van der Waals surface area (Å²) in [5, 5.41) is 8.09. The fraction of sp³-hybridized carbons (Fsp3) is 0. The molecular weight excluding hydrogens is 140 g/mol. The Labute approximate surface area is 63.3 Å². The maximum Gasteiger partial charge on any atom is 0.249 e. The molecule has 3 nitrogen and oxygen atoms in total. The molecule has 1 N–H and O–H groups in total. The van der Waals surface area contributed by atoms with Gasteiger partial charge in [0.25, 0.3) is 0 Å². The van der Waals surface area contributed by atoms with Crippen molar-refractivity contribution in [2.75, 3.05) is 0 Å². The van der Waals surface area contributed by atoms with Gasteiger partial charge in [0.2, 0.25) is 5.56 Å². The number of aromatic nitrogens is 1. The quantitative estimate of drug-likeness (QED) is 0.530. The maximum atomic E-state index is 10.6. The fourth-order valence-electron chi connectivity index (χ4n) is 0.622. The summed E-state index contributed by atoms with van der Waals surface area (Å²) in [5.41, 5.74) is 0.338. The minimum Gasteiger partial charge on any atom is -0.329 e. The van der Waals surface area contributed by atoms with E-state index in [1.165, 1.54) is 12.3 Å². The highest BCUT2D eigenvalue weighted by atomic mass is 16.1. The zero-order valence-electron chi connectivity index (χ0n) is 5.59. The van der Waals surface area contributed by atoms with Crippen LogP contribution in [0.25, 0.3) is 0 Å². The predicted octanol–water partition coefficient (Wildman–Crippen LogP) is 0.250. The second kappa shape index (κ2) is 3.24. The number of aromatic amines is 1. The molecule has 1 rings (SSSR count). The first-order valence-corrected chi connectivity index (χ1v) is 2.92. The van der Waals surface area contributed by atoms with Gasteiger partial charge in [-0.15, -0.1) is 0 Å². The normalized spacial score (nSPS) is 7.55. The zero-order chi connectivity index (χ0) is 8.10. The molecule has 0 aliphatic rings. The van der Waals surface area contributed by atoms with Gasteiger partial charge in [-0.1, -0.05) is 5.92 Å². The Morgan fingerprint density at radius 2 is 2.36 bits per heavy atom. The molecule has 0 bridgehead atoms. The molecule has 0 unspecified atom stereocenters. The summed E-state index contributed by atoms with van der Waals surface area (Å²) in [4.78, 5) is 13.1. The lowest BCUT2D eigenvalue weighted by molar-refractivity contribution is 1.23. The molecule has 0 saturated carbocycles. The van der Waals surface area contributed by atoms with Crippen molar-refractivity contribution in [1.82, 2.24) is 4.98 Å². The van der Waals surface area contributed by atoms with Crippen LogP contribution in [0.1, 0.15) is 5.56 Å². The van der Waals surface area contributed by atoms with Gasteiger partial charge in [-0.3, -0.25) is 4.79 Å². The van der Waals surface area contributed by atoms with Crippen molar-refractivity contribution in [3.05, 3.63) is 34.2 Å². The summed E-state index contributed by atoms with van der Waals surface area (Å²) in [6.07, 6.45) is 1.49. The van der Waals surface area contributed by atoms with Gasteiger partial charge >= 0.3 is 0 Å². The van der Waals surface area contributed by atoms with Crippen LogP contribution < -0.4 is 5.56 Å². The Morgan fingerprint density at radius 3 is 3.00 bits per heavy atom. The Bertz CT molecular complexity index is 400. The first-order valence-electron chi connectivity index (χ1n) is 2.92. The number of pyridine rings is 1. The highest BCUT2D eigenvalue weighted by molar-refractivity contribution is 5.35. The summed E-state index contributed by atoms with van der Waals surface area (Å²) in [5.74, 6) is 4.70. The second-order valence-electron chi connectivity index (χ2n) is 1.80. The van der Waals surface area contributed by atoms with Crippen LogP contribution in [0.5, 0.6) is 0 Å². The highest BCUT2D eigenvalue weighted by Crippen LogP contribution is 1.87. The Morgan fingerprint density at radius 1 is 1.55 bits per heavy atom. The number of nitrogens with zero attached hydrogens (tertiary/aromatic N) is 1. The third kappa shape index (κ3) is 2.00.